The number of hydrogen-bond acceptors (Lipinski definition) is 3. The highest BCUT2D eigenvalue weighted by atomic mass is 79.9. The van der Waals surface area contributed by atoms with Gasteiger partial charge >= 0.3 is 0 Å². The number of carbonyl (C=O) groups is 1. The zero-order valence-corrected chi connectivity index (χ0v) is 14.0. The first-order valence-corrected chi connectivity index (χ1v) is 7.74. The number of rotatable bonds is 5. The Hall–Kier alpha value is -2.54. The van der Waals surface area contributed by atoms with Gasteiger partial charge in [0.25, 0.3) is 5.91 Å². The molecule has 118 valence electrons. The van der Waals surface area contributed by atoms with Crippen LogP contribution in [0, 0.1) is 0 Å². The summed E-state index contributed by atoms with van der Waals surface area (Å²) in [4.78, 5) is 15.0. The van der Waals surface area contributed by atoms with E-state index >= 15 is 0 Å². The van der Waals surface area contributed by atoms with E-state index < -0.39 is 0 Å². The Balaban J connectivity index is 1.65. The Bertz CT molecular complexity index is 808. The smallest absolute Gasteiger partial charge is 0.273 e. The van der Waals surface area contributed by atoms with Gasteiger partial charge < -0.3 is 15.0 Å². The Morgan fingerprint density at radius 2 is 2.13 bits per heavy atom. The molecule has 0 bridgehead atoms. The number of aromatic nitrogens is 3. The summed E-state index contributed by atoms with van der Waals surface area (Å²) in [5.74, 6) is 0.601. The lowest BCUT2D eigenvalue weighted by Gasteiger charge is -2.04. The second kappa shape index (κ2) is 6.70. The Morgan fingerprint density at radius 1 is 1.35 bits per heavy atom. The molecular weight excluding hydrogens is 360 g/mol. The van der Waals surface area contributed by atoms with E-state index in [2.05, 4.69) is 31.3 Å². The number of methoxy groups -OCH3 is 1. The fourth-order valence-electron chi connectivity index (χ4n) is 2.15. The Morgan fingerprint density at radius 3 is 2.78 bits per heavy atom. The predicted molar refractivity (Wildman–Crippen MR) is 90.8 cm³/mol. The summed E-state index contributed by atoms with van der Waals surface area (Å²) in [5.41, 5.74) is 2.22. The second-order valence-corrected chi connectivity index (χ2v) is 5.78. The van der Waals surface area contributed by atoms with Crippen molar-refractivity contribution < 1.29 is 9.53 Å². The highest BCUT2D eigenvalue weighted by molar-refractivity contribution is 9.10. The molecule has 0 atom stereocenters. The summed E-state index contributed by atoms with van der Waals surface area (Å²) < 4.78 is 7.62. The maximum absolute atomic E-state index is 12.1. The maximum Gasteiger partial charge on any atom is 0.273 e. The van der Waals surface area contributed by atoms with E-state index in [0.29, 0.717) is 17.9 Å². The Labute approximate surface area is 141 Å². The van der Waals surface area contributed by atoms with Crippen LogP contribution in [-0.4, -0.2) is 27.8 Å². The van der Waals surface area contributed by atoms with Crippen LogP contribution in [0.25, 0.3) is 0 Å². The summed E-state index contributed by atoms with van der Waals surface area (Å²) in [6, 6.07) is 9.56. The molecule has 1 aromatic carbocycles. The van der Waals surface area contributed by atoms with Crippen LogP contribution >= 0.6 is 15.9 Å². The number of anilines is 1. The maximum atomic E-state index is 12.1. The highest BCUT2D eigenvalue weighted by Gasteiger charge is 2.12. The van der Waals surface area contributed by atoms with Gasteiger partial charge in [0, 0.05) is 16.9 Å². The van der Waals surface area contributed by atoms with Gasteiger partial charge in [0.1, 0.15) is 11.4 Å². The highest BCUT2D eigenvalue weighted by Crippen LogP contribution is 2.17. The van der Waals surface area contributed by atoms with Crippen LogP contribution < -0.4 is 10.1 Å². The van der Waals surface area contributed by atoms with Crippen molar-refractivity contribution in [3.05, 3.63) is 64.7 Å². The summed E-state index contributed by atoms with van der Waals surface area (Å²) in [6.45, 7) is 0.617. The zero-order valence-electron chi connectivity index (χ0n) is 12.4. The molecule has 2 N–H and O–H groups in total. The minimum atomic E-state index is -0.217. The zero-order chi connectivity index (χ0) is 16.2. The molecule has 0 aliphatic rings. The summed E-state index contributed by atoms with van der Waals surface area (Å²) >= 11 is 3.32. The number of benzene rings is 1. The quantitative estimate of drug-likeness (QED) is 0.719. The van der Waals surface area contributed by atoms with Crippen molar-refractivity contribution in [1.29, 1.82) is 0 Å². The number of carbonyl (C=O) groups excluding carboxylic acids is 1. The number of nitrogens with zero attached hydrogens (tertiary/aromatic N) is 2. The molecule has 23 heavy (non-hydrogen) atoms. The predicted octanol–water partition coefficient (Wildman–Crippen LogP) is 3.28. The first-order valence-electron chi connectivity index (χ1n) is 6.95. The summed E-state index contributed by atoms with van der Waals surface area (Å²) in [7, 11) is 1.64. The van der Waals surface area contributed by atoms with Crippen molar-refractivity contribution in [2.75, 3.05) is 12.4 Å². The van der Waals surface area contributed by atoms with Crippen LogP contribution in [0.5, 0.6) is 5.75 Å². The fraction of sp³-hybridized carbons (Fsp3) is 0.125. The van der Waals surface area contributed by atoms with E-state index in [9.17, 15) is 4.79 Å². The van der Waals surface area contributed by atoms with Gasteiger partial charge in [-0.2, -0.15) is 5.10 Å². The number of ether oxygens (including phenoxy) is 1. The molecule has 1 amide bonds. The van der Waals surface area contributed by atoms with Crippen molar-refractivity contribution in [3.63, 3.8) is 0 Å². The van der Waals surface area contributed by atoms with E-state index in [4.69, 9.17) is 4.74 Å². The van der Waals surface area contributed by atoms with Crippen molar-refractivity contribution in [2.45, 2.75) is 6.54 Å². The van der Waals surface area contributed by atoms with Crippen LogP contribution in [0.2, 0.25) is 0 Å². The Kier molecular flexibility index (Phi) is 4.47. The van der Waals surface area contributed by atoms with Gasteiger partial charge in [0.05, 0.1) is 25.5 Å². The van der Waals surface area contributed by atoms with Gasteiger partial charge in [-0.3, -0.25) is 9.48 Å². The van der Waals surface area contributed by atoms with Gasteiger partial charge in [0.15, 0.2) is 0 Å². The lowest BCUT2D eigenvalue weighted by molar-refractivity contribution is 0.102. The average Bonchev–Trinajstić information content (AvgIpc) is 3.17. The molecule has 0 saturated heterocycles. The number of H-pyrrole nitrogens is 1. The molecular formula is C16H15BrN4O2. The molecule has 2 heterocycles. The number of amides is 1. The molecule has 3 aromatic rings. The third kappa shape index (κ3) is 3.62. The summed E-state index contributed by atoms with van der Waals surface area (Å²) in [5, 5.41) is 7.07. The third-order valence-electron chi connectivity index (χ3n) is 3.32. The topological polar surface area (TPSA) is 71.9 Å². The van der Waals surface area contributed by atoms with Gasteiger partial charge in [-0.1, -0.05) is 12.1 Å². The molecule has 3 rings (SSSR count). The van der Waals surface area contributed by atoms with Crippen LogP contribution in [0.15, 0.2) is 53.4 Å². The number of aromatic amines is 1. The minimum Gasteiger partial charge on any atom is -0.497 e. The van der Waals surface area contributed by atoms with Crippen molar-refractivity contribution in [3.8, 4) is 5.75 Å². The van der Waals surface area contributed by atoms with E-state index in [1.165, 1.54) is 0 Å². The van der Waals surface area contributed by atoms with E-state index in [1.54, 1.807) is 36.4 Å². The minimum absolute atomic E-state index is 0.217. The van der Waals surface area contributed by atoms with Crippen LogP contribution in [0.4, 0.5) is 5.69 Å². The average molecular weight is 375 g/mol. The molecule has 0 aliphatic carbocycles. The van der Waals surface area contributed by atoms with Gasteiger partial charge in [-0.25, -0.2) is 0 Å². The molecule has 2 aromatic heterocycles. The molecule has 0 saturated carbocycles. The number of halogens is 1. The van der Waals surface area contributed by atoms with Crippen LogP contribution in [-0.2, 0) is 6.54 Å². The fourth-order valence-corrected chi connectivity index (χ4v) is 2.58. The SMILES string of the molecule is COc1ccc(Cn2cc(NC(=O)c3[nH]ccc3Br)cn2)cc1. The van der Waals surface area contributed by atoms with Crippen LogP contribution in [0.1, 0.15) is 16.1 Å². The molecule has 0 fully saturated rings. The van der Waals surface area contributed by atoms with E-state index in [0.717, 1.165) is 15.8 Å². The standard InChI is InChI=1S/C16H15BrN4O2/c1-23-13-4-2-11(3-5-13)9-21-10-12(8-19-21)20-16(22)15-14(17)6-7-18-15/h2-8,10,18H,9H2,1H3,(H,20,22). The van der Waals surface area contributed by atoms with Gasteiger partial charge in [-0.15, -0.1) is 0 Å². The first-order chi connectivity index (χ1) is 11.2. The molecule has 6 nitrogen and oxygen atoms in total. The second-order valence-electron chi connectivity index (χ2n) is 4.93. The van der Waals surface area contributed by atoms with Crippen molar-refractivity contribution in [2.24, 2.45) is 0 Å². The van der Waals surface area contributed by atoms with Crippen LogP contribution in [0.3, 0.4) is 0 Å². The molecule has 0 spiro atoms. The van der Waals surface area contributed by atoms with Crippen molar-refractivity contribution >= 4 is 27.5 Å². The lowest BCUT2D eigenvalue weighted by atomic mass is 10.2. The number of nitrogens with one attached hydrogen (secondary N) is 2. The van der Waals surface area contributed by atoms with E-state index in [1.807, 2.05) is 24.3 Å². The van der Waals surface area contributed by atoms with Crippen molar-refractivity contribution in [1.82, 2.24) is 14.8 Å². The normalized spacial score (nSPS) is 10.5. The van der Waals surface area contributed by atoms with Gasteiger partial charge in [-0.05, 0) is 39.7 Å². The number of hydrogen-bond donors (Lipinski definition) is 2. The third-order valence-corrected chi connectivity index (χ3v) is 3.98. The first kappa shape index (κ1) is 15.4. The monoisotopic (exact) mass is 374 g/mol. The molecule has 7 heteroatoms. The molecule has 0 unspecified atom stereocenters. The molecule has 0 radical (unpaired) electrons. The largest absolute Gasteiger partial charge is 0.497 e. The van der Waals surface area contributed by atoms with E-state index in [-0.39, 0.29) is 5.91 Å². The summed E-state index contributed by atoms with van der Waals surface area (Å²) in [6.07, 6.45) is 5.11. The lowest BCUT2D eigenvalue weighted by Crippen LogP contribution is -2.12. The molecule has 0 aliphatic heterocycles. The van der Waals surface area contributed by atoms with Gasteiger partial charge in [0.2, 0.25) is 0 Å².